The summed E-state index contributed by atoms with van der Waals surface area (Å²) in [4.78, 5) is 4.28. The molecule has 2 nitrogen and oxygen atoms in total. The quantitative estimate of drug-likeness (QED) is 0.649. The van der Waals surface area contributed by atoms with Crippen LogP contribution in [0.15, 0.2) is 67.1 Å². The van der Waals surface area contributed by atoms with E-state index in [9.17, 15) is 0 Å². The average Bonchev–Trinajstić information content (AvgIpc) is 2.97. The lowest BCUT2D eigenvalue weighted by atomic mass is 10.0. The fourth-order valence-corrected chi connectivity index (χ4v) is 2.26. The maximum atomic E-state index is 5.81. The lowest BCUT2D eigenvalue weighted by Gasteiger charge is -2.10. The number of alkyl halides is 1. The summed E-state index contributed by atoms with van der Waals surface area (Å²) < 4.78 is 2.01. The smallest absolute Gasteiger partial charge is 0.0995 e. The molecule has 1 aromatic heterocycles. The molecule has 3 rings (SSSR count). The van der Waals surface area contributed by atoms with Crippen molar-refractivity contribution < 1.29 is 0 Å². The van der Waals surface area contributed by atoms with Crippen LogP contribution in [0.25, 0.3) is 16.8 Å². The topological polar surface area (TPSA) is 17.8 Å². The van der Waals surface area contributed by atoms with Gasteiger partial charge in [-0.2, -0.15) is 0 Å². The van der Waals surface area contributed by atoms with Crippen LogP contribution in [-0.2, 0) is 5.88 Å². The van der Waals surface area contributed by atoms with Gasteiger partial charge in [-0.25, -0.2) is 4.98 Å². The fourth-order valence-electron chi connectivity index (χ4n) is 2.12. The number of imidazole rings is 1. The number of aromatic nitrogens is 2. The number of nitrogens with zero attached hydrogens (tertiary/aromatic N) is 2. The number of hydrogen-bond acceptors (Lipinski definition) is 1. The van der Waals surface area contributed by atoms with E-state index in [1.54, 1.807) is 6.33 Å². The highest BCUT2D eigenvalue weighted by Crippen LogP contribution is 2.26. The van der Waals surface area contributed by atoms with Crippen molar-refractivity contribution >= 4 is 11.6 Å². The molecule has 1 heterocycles. The molecule has 19 heavy (non-hydrogen) atoms. The van der Waals surface area contributed by atoms with Crippen molar-refractivity contribution in [3.05, 3.63) is 72.8 Å². The summed E-state index contributed by atoms with van der Waals surface area (Å²) in [6.07, 6.45) is 3.77. The fraction of sp³-hybridized carbons (Fsp3) is 0.0625. The monoisotopic (exact) mass is 268 g/mol. The lowest BCUT2D eigenvalue weighted by molar-refractivity contribution is 1.06. The highest BCUT2D eigenvalue weighted by atomic mass is 35.5. The molecule has 3 aromatic rings. The third-order valence-corrected chi connectivity index (χ3v) is 3.31. The van der Waals surface area contributed by atoms with Crippen LogP contribution < -0.4 is 0 Å². The minimum Gasteiger partial charge on any atom is -0.305 e. The van der Waals surface area contributed by atoms with Crippen LogP contribution in [0.5, 0.6) is 0 Å². The lowest BCUT2D eigenvalue weighted by Crippen LogP contribution is -1.93. The number of halogens is 1. The molecule has 0 amide bonds. The Labute approximate surface area is 117 Å². The van der Waals surface area contributed by atoms with Gasteiger partial charge in [-0.1, -0.05) is 48.5 Å². The van der Waals surface area contributed by atoms with Crippen LogP contribution >= 0.6 is 11.6 Å². The first-order valence-electron chi connectivity index (χ1n) is 6.12. The Balaban J connectivity index is 2.12. The Morgan fingerprint density at radius 1 is 0.947 bits per heavy atom. The predicted molar refractivity (Wildman–Crippen MR) is 78.6 cm³/mol. The van der Waals surface area contributed by atoms with Crippen LogP contribution in [0.4, 0.5) is 0 Å². The second-order valence-electron chi connectivity index (χ2n) is 4.29. The van der Waals surface area contributed by atoms with Crippen molar-refractivity contribution in [2.75, 3.05) is 0 Å². The zero-order chi connectivity index (χ0) is 13.1. The standard InChI is InChI=1S/C16H13ClN2/c17-10-14-11-19(12-18-14)16-9-5-4-8-15(16)13-6-2-1-3-7-13/h1-9,11-12H,10H2. The first-order chi connectivity index (χ1) is 9.38. The molecular weight excluding hydrogens is 256 g/mol. The molecule has 0 fully saturated rings. The third kappa shape index (κ3) is 2.40. The Bertz CT molecular complexity index is 674. The van der Waals surface area contributed by atoms with E-state index in [4.69, 9.17) is 11.6 Å². The first kappa shape index (κ1) is 12.0. The molecule has 0 aliphatic carbocycles. The number of rotatable bonds is 3. The molecule has 0 radical (unpaired) electrons. The van der Waals surface area contributed by atoms with Crippen molar-refractivity contribution in [2.24, 2.45) is 0 Å². The van der Waals surface area contributed by atoms with Gasteiger partial charge >= 0.3 is 0 Å². The molecule has 3 heteroatoms. The molecule has 0 bridgehead atoms. The van der Waals surface area contributed by atoms with Gasteiger partial charge in [0.25, 0.3) is 0 Å². The van der Waals surface area contributed by atoms with Crippen LogP contribution in [-0.4, -0.2) is 9.55 Å². The number of benzene rings is 2. The van der Waals surface area contributed by atoms with Gasteiger partial charge in [-0.15, -0.1) is 11.6 Å². The van der Waals surface area contributed by atoms with Crippen molar-refractivity contribution in [3.8, 4) is 16.8 Å². The van der Waals surface area contributed by atoms with Gasteiger partial charge in [0, 0.05) is 11.8 Å². The summed E-state index contributed by atoms with van der Waals surface area (Å²) in [5.41, 5.74) is 4.36. The maximum absolute atomic E-state index is 5.81. The van der Waals surface area contributed by atoms with Crippen molar-refractivity contribution in [2.45, 2.75) is 5.88 Å². The van der Waals surface area contributed by atoms with E-state index in [1.807, 2.05) is 41.1 Å². The van der Waals surface area contributed by atoms with E-state index in [0.29, 0.717) is 5.88 Å². The van der Waals surface area contributed by atoms with Gasteiger partial charge < -0.3 is 4.57 Å². The Hall–Kier alpha value is -2.06. The summed E-state index contributed by atoms with van der Waals surface area (Å²) >= 11 is 5.81. The Morgan fingerprint density at radius 3 is 2.42 bits per heavy atom. The Kier molecular flexibility index (Phi) is 3.34. The summed E-state index contributed by atoms with van der Waals surface area (Å²) in [6.45, 7) is 0. The zero-order valence-electron chi connectivity index (χ0n) is 10.3. The van der Waals surface area contributed by atoms with Crippen LogP contribution in [0.1, 0.15) is 5.69 Å². The molecule has 0 saturated heterocycles. The molecule has 2 aromatic carbocycles. The first-order valence-corrected chi connectivity index (χ1v) is 6.65. The third-order valence-electron chi connectivity index (χ3n) is 3.04. The van der Waals surface area contributed by atoms with Gasteiger partial charge in [0.2, 0.25) is 0 Å². The van der Waals surface area contributed by atoms with E-state index in [0.717, 1.165) is 11.4 Å². The highest BCUT2D eigenvalue weighted by Gasteiger charge is 2.06. The molecule has 0 aliphatic rings. The van der Waals surface area contributed by atoms with Crippen molar-refractivity contribution in [3.63, 3.8) is 0 Å². The Morgan fingerprint density at radius 2 is 1.68 bits per heavy atom. The largest absolute Gasteiger partial charge is 0.305 e. The maximum Gasteiger partial charge on any atom is 0.0995 e. The average molecular weight is 269 g/mol. The van der Waals surface area contributed by atoms with Gasteiger partial charge in [0.1, 0.15) is 0 Å². The SMILES string of the molecule is ClCc1cn(-c2ccccc2-c2ccccc2)cn1. The number of hydrogen-bond donors (Lipinski definition) is 0. The van der Waals surface area contributed by atoms with E-state index in [-0.39, 0.29) is 0 Å². The molecule has 94 valence electrons. The van der Waals surface area contributed by atoms with Gasteiger partial charge in [-0.3, -0.25) is 0 Å². The summed E-state index contributed by atoms with van der Waals surface area (Å²) in [5.74, 6) is 0.431. The van der Waals surface area contributed by atoms with Crippen LogP contribution in [0.3, 0.4) is 0 Å². The highest BCUT2D eigenvalue weighted by molar-refractivity contribution is 6.16. The molecule has 0 aliphatic heterocycles. The van der Waals surface area contributed by atoms with Crippen LogP contribution in [0, 0.1) is 0 Å². The molecular formula is C16H13ClN2. The van der Waals surface area contributed by atoms with Crippen molar-refractivity contribution in [1.29, 1.82) is 0 Å². The summed E-state index contributed by atoms with van der Waals surface area (Å²) in [5, 5.41) is 0. The minimum absolute atomic E-state index is 0.431. The molecule has 0 unspecified atom stereocenters. The van der Waals surface area contributed by atoms with Crippen LogP contribution in [0.2, 0.25) is 0 Å². The second kappa shape index (κ2) is 5.29. The van der Waals surface area contributed by atoms with Gasteiger partial charge in [-0.05, 0) is 11.6 Å². The van der Waals surface area contributed by atoms with E-state index in [2.05, 4.69) is 29.2 Å². The summed E-state index contributed by atoms with van der Waals surface area (Å²) in [7, 11) is 0. The molecule has 0 spiro atoms. The van der Waals surface area contributed by atoms with Crippen molar-refractivity contribution in [1.82, 2.24) is 9.55 Å². The summed E-state index contributed by atoms with van der Waals surface area (Å²) in [6, 6.07) is 18.6. The number of para-hydroxylation sites is 1. The zero-order valence-corrected chi connectivity index (χ0v) is 11.1. The normalized spacial score (nSPS) is 10.6. The minimum atomic E-state index is 0.431. The molecule has 0 saturated carbocycles. The van der Waals surface area contributed by atoms with E-state index >= 15 is 0 Å². The van der Waals surface area contributed by atoms with E-state index < -0.39 is 0 Å². The predicted octanol–water partition coefficient (Wildman–Crippen LogP) is 4.28. The second-order valence-corrected chi connectivity index (χ2v) is 4.56. The molecule has 0 atom stereocenters. The van der Waals surface area contributed by atoms with E-state index in [1.165, 1.54) is 11.1 Å². The van der Waals surface area contributed by atoms with Gasteiger partial charge in [0.05, 0.1) is 23.6 Å². The van der Waals surface area contributed by atoms with Gasteiger partial charge in [0.15, 0.2) is 0 Å². The molecule has 0 N–H and O–H groups in total.